The molecule has 0 unspecified atom stereocenters. The third kappa shape index (κ3) is 4.59. The molecule has 1 saturated carbocycles. The van der Waals surface area contributed by atoms with Gasteiger partial charge in [0.25, 0.3) is 5.91 Å². The van der Waals surface area contributed by atoms with Gasteiger partial charge in [0.1, 0.15) is 11.6 Å². The van der Waals surface area contributed by atoms with Gasteiger partial charge in [-0.25, -0.2) is 9.37 Å². The lowest BCUT2D eigenvalue weighted by molar-refractivity contribution is 0.0945. The number of amides is 1. The van der Waals surface area contributed by atoms with Crippen molar-refractivity contribution in [1.82, 2.24) is 10.3 Å². The zero-order chi connectivity index (χ0) is 18.5. The minimum Gasteiger partial charge on any atom is -0.352 e. The van der Waals surface area contributed by atoms with Gasteiger partial charge in [-0.3, -0.25) is 4.79 Å². The molecular formula is C21H26FN3O. The van der Waals surface area contributed by atoms with Crippen LogP contribution in [0.1, 0.15) is 61.4 Å². The number of hydrogen-bond donors (Lipinski definition) is 2. The maximum atomic E-state index is 13.3. The number of anilines is 2. The van der Waals surface area contributed by atoms with Crippen LogP contribution in [0.15, 0.2) is 36.5 Å². The van der Waals surface area contributed by atoms with Crippen molar-refractivity contribution in [3.05, 3.63) is 53.5 Å². The minimum atomic E-state index is -0.304. The van der Waals surface area contributed by atoms with Crippen LogP contribution in [0.4, 0.5) is 15.9 Å². The number of carbonyl (C=O) groups excluding carboxylic acids is 1. The molecule has 0 bridgehead atoms. The Kier molecular flexibility index (Phi) is 5.86. The maximum absolute atomic E-state index is 13.3. The highest BCUT2D eigenvalue weighted by atomic mass is 19.1. The van der Waals surface area contributed by atoms with Crippen LogP contribution in [0, 0.1) is 11.7 Å². The monoisotopic (exact) mass is 355 g/mol. The van der Waals surface area contributed by atoms with Crippen molar-refractivity contribution in [1.29, 1.82) is 0 Å². The Labute approximate surface area is 154 Å². The molecular weight excluding hydrogens is 329 g/mol. The first-order chi connectivity index (χ1) is 12.5. The number of hydrogen-bond acceptors (Lipinski definition) is 3. The van der Waals surface area contributed by atoms with Gasteiger partial charge in [-0.2, -0.15) is 0 Å². The van der Waals surface area contributed by atoms with E-state index in [4.69, 9.17) is 0 Å². The molecule has 138 valence electrons. The Hall–Kier alpha value is -2.43. The summed E-state index contributed by atoms with van der Waals surface area (Å²) in [4.78, 5) is 17.0. The summed E-state index contributed by atoms with van der Waals surface area (Å²) in [6, 6.07) is 8.11. The van der Waals surface area contributed by atoms with Gasteiger partial charge in [0.15, 0.2) is 0 Å². The van der Waals surface area contributed by atoms with Gasteiger partial charge in [-0.05, 0) is 54.5 Å². The van der Waals surface area contributed by atoms with Crippen molar-refractivity contribution in [3.8, 4) is 0 Å². The van der Waals surface area contributed by atoms with Gasteiger partial charge in [0.05, 0.1) is 5.56 Å². The van der Waals surface area contributed by atoms with Crippen LogP contribution in [0.3, 0.4) is 0 Å². The molecule has 0 spiro atoms. The van der Waals surface area contributed by atoms with Crippen molar-refractivity contribution in [2.24, 2.45) is 5.92 Å². The van der Waals surface area contributed by atoms with E-state index in [9.17, 15) is 9.18 Å². The number of nitrogens with zero attached hydrogens (tertiary/aromatic N) is 1. The van der Waals surface area contributed by atoms with Gasteiger partial charge in [0.2, 0.25) is 0 Å². The molecule has 1 amide bonds. The molecule has 1 aromatic carbocycles. The van der Waals surface area contributed by atoms with Crippen molar-refractivity contribution in [3.63, 3.8) is 0 Å². The highest BCUT2D eigenvalue weighted by Gasteiger charge is 2.19. The highest BCUT2D eigenvalue weighted by Crippen LogP contribution is 2.26. The average molecular weight is 355 g/mol. The lowest BCUT2D eigenvalue weighted by Crippen LogP contribution is -2.29. The summed E-state index contributed by atoms with van der Waals surface area (Å²) in [5.41, 5.74) is 2.18. The fourth-order valence-corrected chi connectivity index (χ4v) is 3.47. The Morgan fingerprint density at radius 1 is 1.27 bits per heavy atom. The topological polar surface area (TPSA) is 54.0 Å². The Morgan fingerprint density at radius 2 is 2.04 bits per heavy atom. The Balaban J connectivity index is 1.74. The molecule has 2 N–H and O–H groups in total. The van der Waals surface area contributed by atoms with Crippen molar-refractivity contribution >= 4 is 17.4 Å². The van der Waals surface area contributed by atoms with Crippen LogP contribution in [0.5, 0.6) is 0 Å². The van der Waals surface area contributed by atoms with Crippen molar-refractivity contribution < 1.29 is 9.18 Å². The molecule has 1 heterocycles. The molecule has 0 saturated heterocycles. The second-order valence-corrected chi connectivity index (χ2v) is 7.31. The zero-order valence-electron chi connectivity index (χ0n) is 15.4. The highest BCUT2D eigenvalue weighted by molar-refractivity contribution is 5.95. The van der Waals surface area contributed by atoms with Gasteiger partial charge in [-0.15, -0.1) is 0 Å². The van der Waals surface area contributed by atoms with Crippen LogP contribution in [0.25, 0.3) is 0 Å². The van der Waals surface area contributed by atoms with E-state index in [0.29, 0.717) is 23.0 Å². The normalized spacial score (nSPS) is 14.6. The van der Waals surface area contributed by atoms with E-state index in [1.165, 1.54) is 37.8 Å². The van der Waals surface area contributed by atoms with E-state index in [1.807, 2.05) is 6.07 Å². The average Bonchev–Trinajstić information content (AvgIpc) is 3.13. The van der Waals surface area contributed by atoms with Crippen LogP contribution in [-0.4, -0.2) is 17.4 Å². The second kappa shape index (κ2) is 8.30. The number of carbonyl (C=O) groups is 1. The molecule has 1 aliphatic carbocycles. The SMILES string of the molecule is CC(C)c1cc(Nc2cccc(F)c2)ncc1C(=O)NCC1CCCC1. The summed E-state index contributed by atoms with van der Waals surface area (Å²) in [7, 11) is 0. The van der Waals surface area contributed by atoms with E-state index in [0.717, 1.165) is 12.1 Å². The minimum absolute atomic E-state index is 0.0644. The van der Waals surface area contributed by atoms with Crippen LogP contribution in [0.2, 0.25) is 0 Å². The number of pyridine rings is 1. The molecule has 2 aromatic rings. The number of rotatable bonds is 6. The smallest absolute Gasteiger partial charge is 0.253 e. The fraction of sp³-hybridized carbons (Fsp3) is 0.429. The molecule has 0 radical (unpaired) electrons. The number of benzene rings is 1. The third-order valence-electron chi connectivity index (χ3n) is 4.93. The van der Waals surface area contributed by atoms with Gasteiger partial charge >= 0.3 is 0 Å². The quantitative estimate of drug-likeness (QED) is 0.766. The summed E-state index contributed by atoms with van der Waals surface area (Å²) in [5.74, 6) is 1.01. The second-order valence-electron chi connectivity index (χ2n) is 7.31. The lowest BCUT2D eigenvalue weighted by atomic mass is 9.98. The molecule has 0 atom stereocenters. The number of aromatic nitrogens is 1. The predicted octanol–water partition coefficient (Wildman–Crippen LogP) is 5.01. The molecule has 5 heteroatoms. The van der Waals surface area contributed by atoms with Crippen molar-refractivity contribution in [2.45, 2.75) is 45.4 Å². The molecule has 1 fully saturated rings. The number of nitrogens with one attached hydrogen (secondary N) is 2. The first-order valence-corrected chi connectivity index (χ1v) is 9.33. The van der Waals surface area contributed by atoms with E-state index in [2.05, 4.69) is 29.5 Å². The Morgan fingerprint density at radius 3 is 2.73 bits per heavy atom. The summed E-state index contributed by atoms with van der Waals surface area (Å²) in [6.07, 6.45) is 6.54. The van der Waals surface area contributed by atoms with Gasteiger partial charge in [-0.1, -0.05) is 32.8 Å². The van der Waals surface area contributed by atoms with E-state index >= 15 is 0 Å². The molecule has 26 heavy (non-hydrogen) atoms. The van der Waals surface area contributed by atoms with Crippen molar-refractivity contribution in [2.75, 3.05) is 11.9 Å². The zero-order valence-corrected chi connectivity index (χ0v) is 15.4. The van der Waals surface area contributed by atoms with Crippen LogP contribution < -0.4 is 10.6 Å². The predicted molar refractivity (Wildman–Crippen MR) is 102 cm³/mol. The first kappa shape index (κ1) is 18.4. The Bertz CT molecular complexity index is 770. The summed E-state index contributed by atoms with van der Waals surface area (Å²) < 4.78 is 13.3. The van der Waals surface area contributed by atoms with Gasteiger partial charge < -0.3 is 10.6 Å². The molecule has 0 aliphatic heterocycles. The van der Waals surface area contributed by atoms with Crippen LogP contribution in [-0.2, 0) is 0 Å². The molecule has 3 rings (SSSR count). The van der Waals surface area contributed by atoms with Crippen LogP contribution >= 0.6 is 0 Å². The molecule has 1 aromatic heterocycles. The molecule has 4 nitrogen and oxygen atoms in total. The third-order valence-corrected chi connectivity index (χ3v) is 4.93. The molecule has 1 aliphatic rings. The van der Waals surface area contributed by atoms with E-state index < -0.39 is 0 Å². The summed E-state index contributed by atoms with van der Waals surface area (Å²) >= 11 is 0. The lowest BCUT2D eigenvalue weighted by Gasteiger charge is -2.16. The maximum Gasteiger partial charge on any atom is 0.253 e. The largest absolute Gasteiger partial charge is 0.352 e. The van der Waals surface area contributed by atoms with E-state index in [-0.39, 0.29) is 17.6 Å². The van der Waals surface area contributed by atoms with E-state index in [1.54, 1.807) is 18.3 Å². The summed E-state index contributed by atoms with van der Waals surface area (Å²) in [5, 5.41) is 6.16. The first-order valence-electron chi connectivity index (χ1n) is 9.33. The van der Waals surface area contributed by atoms with Gasteiger partial charge in [0, 0.05) is 18.4 Å². The standard InChI is InChI=1S/C21H26FN3O/c1-14(2)18-11-20(25-17-9-5-8-16(22)10-17)23-13-19(18)21(26)24-12-15-6-3-4-7-15/h5,8-11,13-15H,3-4,6-7,12H2,1-2H3,(H,23,25)(H,24,26). The number of halogens is 1. The summed E-state index contributed by atoms with van der Waals surface area (Å²) in [6.45, 7) is 4.84. The fourth-order valence-electron chi connectivity index (χ4n) is 3.47.